The van der Waals surface area contributed by atoms with Gasteiger partial charge in [-0.1, -0.05) is 228 Å². The Hall–Kier alpha value is -3.41. The second kappa shape index (κ2) is 54.2. The average molecular weight is 919 g/mol. The van der Waals surface area contributed by atoms with E-state index in [-0.39, 0.29) is 31.1 Å². The highest BCUT2D eigenvalue weighted by Crippen LogP contribution is 2.14. The molecule has 6 heteroatoms. The summed E-state index contributed by atoms with van der Waals surface area (Å²) in [5.41, 5.74) is 0. The number of hydrogen-bond donors (Lipinski definition) is 0. The summed E-state index contributed by atoms with van der Waals surface area (Å²) in [4.78, 5) is 38.0. The highest BCUT2D eigenvalue weighted by Gasteiger charge is 2.19. The fraction of sp³-hybridized carbons (Fsp3) is 0.717. The molecule has 0 heterocycles. The Morgan fingerprint density at radius 2 is 0.591 bits per heavy atom. The second-order valence-electron chi connectivity index (χ2n) is 18.1. The van der Waals surface area contributed by atoms with Gasteiger partial charge in [0.05, 0.1) is 0 Å². The van der Waals surface area contributed by atoms with Gasteiger partial charge in [-0.3, -0.25) is 14.4 Å². The molecule has 0 aliphatic heterocycles. The van der Waals surface area contributed by atoms with E-state index >= 15 is 0 Å². The zero-order valence-electron chi connectivity index (χ0n) is 43.2. The normalized spacial score (nSPS) is 12.7. The first-order valence-corrected chi connectivity index (χ1v) is 27.6. The molecule has 66 heavy (non-hydrogen) atoms. The average Bonchev–Trinajstić information content (AvgIpc) is 3.31. The van der Waals surface area contributed by atoms with Crippen LogP contribution in [0, 0.1) is 0 Å². The molecule has 1 unspecified atom stereocenters. The van der Waals surface area contributed by atoms with E-state index in [0.717, 1.165) is 116 Å². The molecule has 0 aromatic rings. The van der Waals surface area contributed by atoms with Crippen LogP contribution in [0.2, 0.25) is 0 Å². The van der Waals surface area contributed by atoms with Crippen molar-refractivity contribution in [3.05, 3.63) is 85.1 Å². The molecule has 0 saturated heterocycles. The van der Waals surface area contributed by atoms with E-state index in [2.05, 4.69) is 106 Å². The Kier molecular flexibility index (Phi) is 51.4. The van der Waals surface area contributed by atoms with Crippen molar-refractivity contribution in [1.29, 1.82) is 0 Å². The minimum Gasteiger partial charge on any atom is -0.462 e. The molecule has 0 rings (SSSR count). The van der Waals surface area contributed by atoms with Gasteiger partial charge in [0.1, 0.15) is 13.2 Å². The van der Waals surface area contributed by atoms with E-state index in [0.29, 0.717) is 19.3 Å². The Balaban J connectivity index is 4.30. The maximum absolute atomic E-state index is 12.8. The molecule has 0 amide bonds. The first-order chi connectivity index (χ1) is 32.5. The Labute approximate surface area is 407 Å². The fourth-order valence-electron chi connectivity index (χ4n) is 7.50. The third-order valence-corrected chi connectivity index (χ3v) is 11.6. The number of unbranched alkanes of at least 4 members (excludes halogenated alkanes) is 24. The molecule has 0 spiro atoms. The topological polar surface area (TPSA) is 78.9 Å². The smallest absolute Gasteiger partial charge is 0.306 e. The van der Waals surface area contributed by atoms with Crippen LogP contribution in [0.25, 0.3) is 0 Å². The van der Waals surface area contributed by atoms with Crippen molar-refractivity contribution in [2.24, 2.45) is 0 Å². The van der Waals surface area contributed by atoms with Gasteiger partial charge >= 0.3 is 17.9 Å². The minimum atomic E-state index is -0.785. The molecule has 0 fully saturated rings. The van der Waals surface area contributed by atoms with E-state index in [1.165, 1.54) is 103 Å². The summed E-state index contributed by atoms with van der Waals surface area (Å²) in [5.74, 6) is -0.906. The lowest BCUT2D eigenvalue weighted by molar-refractivity contribution is -0.167. The summed E-state index contributed by atoms with van der Waals surface area (Å²) in [6.07, 6.45) is 70.0. The van der Waals surface area contributed by atoms with Gasteiger partial charge in [-0.25, -0.2) is 0 Å². The number of ether oxygens (including phenoxy) is 3. The number of rotatable bonds is 49. The second-order valence-corrected chi connectivity index (χ2v) is 18.1. The van der Waals surface area contributed by atoms with Crippen LogP contribution in [0.1, 0.15) is 258 Å². The van der Waals surface area contributed by atoms with Crippen molar-refractivity contribution < 1.29 is 28.6 Å². The van der Waals surface area contributed by atoms with Crippen molar-refractivity contribution in [2.45, 2.75) is 264 Å². The molecule has 0 aliphatic rings. The molecule has 0 aromatic carbocycles. The predicted molar refractivity (Wildman–Crippen MR) is 284 cm³/mol. The molecule has 378 valence electrons. The van der Waals surface area contributed by atoms with Crippen LogP contribution in [0.5, 0.6) is 0 Å². The molecule has 0 radical (unpaired) electrons. The first kappa shape index (κ1) is 62.6. The van der Waals surface area contributed by atoms with E-state index < -0.39 is 6.10 Å². The molecular formula is C60H102O6. The molecule has 0 aliphatic carbocycles. The number of esters is 3. The highest BCUT2D eigenvalue weighted by atomic mass is 16.6. The number of allylic oxidation sites excluding steroid dienone is 14. The van der Waals surface area contributed by atoms with Crippen molar-refractivity contribution >= 4 is 17.9 Å². The lowest BCUT2D eigenvalue weighted by Gasteiger charge is -2.18. The lowest BCUT2D eigenvalue weighted by atomic mass is 10.1. The number of hydrogen-bond acceptors (Lipinski definition) is 6. The van der Waals surface area contributed by atoms with Crippen molar-refractivity contribution in [3.63, 3.8) is 0 Å². The minimum absolute atomic E-state index is 0.0837. The monoisotopic (exact) mass is 919 g/mol. The summed E-state index contributed by atoms with van der Waals surface area (Å²) < 4.78 is 16.8. The van der Waals surface area contributed by atoms with Gasteiger partial charge in [0.2, 0.25) is 0 Å². The molecule has 6 nitrogen and oxygen atoms in total. The van der Waals surface area contributed by atoms with Gasteiger partial charge < -0.3 is 14.2 Å². The van der Waals surface area contributed by atoms with E-state index in [4.69, 9.17) is 14.2 Å². The van der Waals surface area contributed by atoms with Crippen molar-refractivity contribution in [1.82, 2.24) is 0 Å². The van der Waals surface area contributed by atoms with E-state index in [1.807, 2.05) is 0 Å². The van der Waals surface area contributed by atoms with Gasteiger partial charge in [-0.05, 0) is 96.3 Å². The Morgan fingerprint density at radius 1 is 0.318 bits per heavy atom. The van der Waals surface area contributed by atoms with Gasteiger partial charge in [0.25, 0.3) is 0 Å². The molecule has 1 atom stereocenters. The highest BCUT2D eigenvalue weighted by molar-refractivity contribution is 5.71. The van der Waals surface area contributed by atoms with E-state index in [1.54, 1.807) is 0 Å². The van der Waals surface area contributed by atoms with Crippen LogP contribution >= 0.6 is 0 Å². The van der Waals surface area contributed by atoms with Crippen LogP contribution < -0.4 is 0 Å². The maximum Gasteiger partial charge on any atom is 0.306 e. The van der Waals surface area contributed by atoms with Gasteiger partial charge in [0.15, 0.2) is 6.10 Å². The van der Waals surface area contributed by atoms with E-state index in [9.17, 15) is 14.4 Å². The molecule has 0 aromatic heterocycles. The summed E-state index contributed by atoms with van der Waals surface area (Å²) in [7, 11) is 0. The maximum atomic E-state index is 12.8. The van der Waals surface area contributed by atoms with Gasteiger partial charge in [-0.15, -0.1) is 0 Å². The molecule has 0 N–H and O–H groups in total. The van der Waals surface area contributed by atoms with Crippen molar-refractivity contribution in [2.75, 3.05) is 13.2 Å². The zero-order valence-corrected chi connectivity index (χ0v) is 43.2. The summed E-state index contributed by atoms with van der Waals surface area (Å²) >= 11 is 0. The van der Waals surface area contributed by atoms with Crippen LogP contribution in [-0.4, -0.2) is 37.2 Å². The summed E-state index contributed by atoms with van der Waals surface area (Å²) in [6.45, 7) is 6.46. The predicted octanol–water partition coefficient (Wildman–Crippen LogP) is 18.4. The molecular weight excluding hydrogens is 817 g/mol. The van der Waals surface area contributed by atoms with Gasteiger partial charge in [-0.2, -0.15) is 0 Å². The quantitative estimate of drug-likeness (QED) is 0.0262. The SMILES string of the molecule is CC/C=C\C/C=C\C/C=C\C/C=C\CCCCCCCCCCC(=O)OCC(COC(=O)CCCCCCCCCC)OC(=O)CCCCCCCC/C=C\C/C=C\C/C=C\CCCCC. The van der Waals surface area contributed by atoms with Crippen LogP contribution in [-0.2, 0) is 28.6 Å². The standard InChI is InChI=1S/C60H102O6/c1-4-7-10-13-16-19-21-23-25-27-29-30-32-33-35-37-39-41-44-47-50-53-59(62)65-56-57(55-64-58(61)52-49-46-43-18-15-12-9-6-3)66-60(63)54-51-48-45-42-40-38-36-34-31-28-26-24-22-20-17-14-11-8-5-2/h7,10,16-17,19-20,23-26,29-31,34,57H,4-6,8-9,11-15,18,21-22,27-28,32-33,35-56H2,1-3H3/b10-7-,19-16-,20-17-,25-23-,26-24-,30-29-,34-31-. The Morgan fingerprint density at radius 3 is 0.955 bits per heavy atom. The Bertz CT molecular complexity index is 1290. The third-order valence-electron chi connectivity index (χ3n) is 11.6. The summed E-state index contributed by atoms with van der Waals surface area (Å²) in [6, 6.07) is 0. The fourth-order valence-corrected chi connectivity index (χ4v) is 7.50. The lowest BCUT2D eigenvalue weighted by Crippen LogP contribution is -2.30. The molecule has 0 saturated carbocycles. The van der Waals surface area contributed by atoms with Crippen LogP contribution in [0.4, 0.5) is 0 Å². The number of carbonyl (C=O) groups is 3. The zero-order chi connectivity index (χ0) is 47.9. The third kappa shape index (κ3) is 51.6. The number of carbonyl (C=O) groups excluding carboxylic acids is 3. The van der Waals surface area contributed by atoms with Crippen LogP contribution in [0.3, 0.4) is 0 Å². The first-order valence-electron chi connectivity index (χ1n) is 27.6. The van der Waals surface area contributed by atoms with Crippen molar-refractivity contribution in [3.8, 4) is 0 Å². The largest absolute Gasteiger partial charge is 0.462 e. The van der Waals surface area contributed by atoms with Gasteiger partial charge in [0, 0.05) is 19.3 Å². The molecule has 0 bridgehead atoms. The van der Waals surface area contributed by atoms with Crippen LogP contribution in [0.15, 0.2) is 85.1 Å². The summed E-state index contributed by atoms with van der Waals surface area (Å²) in [5, 5.41) is 0.